The van der Waals surface area contributed by atoms with Crippen LogP contribution < -0.4 is 5.32 Å². The smallest absolute Gasteiger partial charge is 0.329 e. The molecule has 3 heteroatoms. The fraction of sp³-hybridized carbons (Fsp3) is 0.182. The van der Waals surface area contributed by atoms with E-state index in [1.54, 1.807) is 0 Å². The fourth-order valence-corrected chi connectivity index (χ4v) is 1.27. The highest BCUT2D eigenvalue weighted by Crippen LogP contribution is 2.13. The van der Waals surface area contributed by atoms with E-state index < -0.39 is 5.97 Å². The summed E-state index contributed by atoms with van der Waals surface area (Å²) in [6, 6.07) is 5.98. The second-order valence-electron chi connectivity index (χ2n) is 3.19. The second-order valence-corrected chi connectivity index (χ2v) is 3.19. The molecule has 1 aromatic rings. The molecule has 0 unspecified atom stereocenters. The van der Waals surface area contributed by atoms with Crippen LogP contribution in [0.3, 0.4) is 0 Å². The molecule has 0 bridgehead atoms. The Labute approximate surface area is 83.1 Å². The first-order valence-electron chi connectivity index (χ1n) is 4.32. The topological polar surface area (TPSA) is 49.3 Å². The van der Waals surface area contributed by atoms with Gasteiger partial charge in [0.15, 0.2) is 0 Å². The third-order valence-corrected chi connectivity index (χ3v) is 1.70. The lowest BCUT2D eigenvalue weighted by Gasteiger charge is -2.03. The van der Waals surface area contributed by atoms with Gasteiger partial charge in [0, 0.05) is 18.0 Å². The van der Waals surface area contributed by atoms with E-state index in [0.29, 0.717) is 0 Å². The molecule has 0 radical (unpaired) electrons. The lowest BCUT2D eigenvalue weighted by atomic mass is 10.1. The van der Waals surface area contributed by atoms with Crippen LogP contribution in [-0.4, -0.2) is 11.1 Å². The van der Waals surface area contributed by atoms with E-state index in [4.69, 9.17) is 5.11 Å². The first-order valence-corrected chi connectivity index (χ1v) is 4.32. The summed E-state index contributed by atoms with van der Waals surface area (Å²) in [5.41, 5.74) is 3.20. The number of hydrogen-bond donors (Lipinski definition) is 2. The van der Waals surface area contributed by atoms with Gasteiger partial charge < -0.3 is 10.4 Å². The molecule has 14 heavy (non-hydrogen) atoms. The van der Waals surface area contributed by atoms with E-state index in [1.807, 2.05) is 26.0 Å². The SMILES string of the molecule is Cc1cc(C)cc(N/C=C/C(=O)O)c1. The average Bonchev–Trinajstić information content (AvgIpc) is 2.01. The number of carbonyl (C=O) groups is 1. The molecule has 1 aromatic carbocycles. The standard InChI is InChI=1S/C11H13NO2/c1-8-5-9(2)7-10(6-8)12-4-3-11(13)14/h3-7,12H,1-2H3,(H,13,14)/b4-3+. The van der Waals surface area contributed by atoms with Crippen LogP contribution in [0.1, 0.15) is 11.1 Å². The van der Waals surface area contributed by atoms with Gasteiger partial charge in [-0.2, -0.15) is 0 Å². The Morgan fingerprint density at radius 2 is 1.86 bits per heavy atom. The van der Waals surface area contributed by atoms with Crippen LogP contribution in [0.5, 0.6) is 0 Å². The number of nitrogens with one attached hydrogen (secondary N) is 1. The van der Waals surface area contributed by atoms with Gasteiger partial charge in [-0.1, -0.05) is 6.07 Å². The Morgan fingerprint density at radius 1 is 1.29 bits per heavy atom. The number of carboxylic acid groups (broad SMARTS) is 1. The minimum absolute atomic E-state index is 0.903. The van der Waals surface area contributed by atoms with Crippen LogP contribution in [0.15, 0.2) is 30.5 Å². The molecule has 74 valence electrons. The molecule has 1 rings (SSSR count). The minimum Gasteiger partial charge on any atom is -0.478 e. The summed E-state index contributed by atoms with van der Waals surface area (Å²) in [7, 11) is 0. The second kappa shape index (κ2) is 4.46. The zero-order valence-electron chi connectivity index (χ0n) is 8.24. The van der Waals surface area contributed by atoms with Gasteiger partial charge >= 0.3 is 5.97 Å². The summed E-state index contributed by atoms with van der Waals surface area (Å²) in [6.07, 6.45) is 2.48. The highest BCUT2D eigenvalue weighted by Gasteiger charge is 1.93. The number of hydrogen-bond acceptors (Lipinski definition) is 2. The van der Waals surface area contributed by atoms with E-state index in [2.05, 4.69) is 11.4 Å². The molecule has 0 aliphatic rings. The minimum atomic E-state index is -0.957. The van der Waals surface area contributed by atoms with Gasteiger partial charge in [0.05, 0.1) is 0 Å². The Bertz CT molecular complexity index is 349. The summed E-state index contributed by atoms with van der Waals surface area (Å²) in [4.78, 5) is 10.2. The van der Waals surface area contributed by atoms with Gasteiger partial charge in [-0.15, -0.1) is 0 Å². The molecule has 0 saturated carbocycles. The van der Waals surface area contributed by atoms with Crippen molar-refractivity contribution in [3.05, 3.63) is 41.6 Å². The number of anilines is 1. The summed E-state index contributed by atoms with van der Waals surface area (Å²) >= 11 is 0. The van der Waals surface area contributed by atoms with Crippen molar-refractivity contribution in [1.29, 1.82) is 0 Å². The lowest BCUT2D eigenvalue weighted by molar-refractivity contribution is -0.131. The summed E-state index contributed by atoms with van der Waals surface area (Å²) in [5, 5.41) is 11.3. The molecule has 3 nitrogen and oxygen atoms in total. The van der Waals surface area contributed by atoms with Crippen molar-refractivity contribution in [2.75, 3.05) is 5.32 Å². The van der Waals surface area contributed by atoms with E-state index in [-0.39, 0.29) is 0 Å². The maximum absolute atomic E-state index is 10.2. The van der Waals surface area contributed by atoms with Gasteiger partial charge in [-0.25, -0.2) is 4.79 Å². The molecule has 0 spiro atoms. The first kappa shape index (κ1) is 10.3. The number of carboxylic acids is 1. The summed E-state index contributed by atoms with van der Waals surface area (Å²) in [5.74, 6) is -0.957. The summed E-state index contributed by atoms with van der Waals surface area (Å²) in [6.45, 7) is 4.00. The molecule has 0 heterocycles. The molecular formula is C11H13NO2. The van der Waals surface area contributed by atoms with E-state index in [0.717, 1.165) is 22.9 Å². The molecule has 0 saturated heterocycles. The van der Waals surface area contributed by atoms with E-state index in [1.165, 1.54) is 6.20 Å². The zero-order chi connectivity index (χ0) is 10.6. The molecule has 0 amide bonds. The molecule has 0 aromatic heterocycles. The Balaban J connectivity index is 2.72. The van der Waals surface area contributed by atoms with Crippen LogP contribution in [0.2, 0.25) is 0 Å². The van der Waals surface area contributed by atoms with Crippen molar-refractivity contribution in [2.24, 2.45) is 0 Å². The Hall–Kier alpha value is -1.77. The predicted octanol–water partition coefficient (Wildman–Crippen LogP) is 2.31. The van der Waals surface area contributed by atoms with E-state index >= 15 is 0 Å². The molecule has 0 aliphatic heterocycles. The fourth-order valence-electron chi connectivity index (χ4n) is 1.27. The Kier molecular flexibility index (Phi) is 3.29. The number of aliphatic carboxylic acids is 1. The highest BCUT2D eigenvalue weighted by atomic mass is 16.4. The van der Waals surface area contributed by atoms with Crippen LogP contribution in [0, 0.1) is 13.8 Å². The van der Waals surface area contributed by atoms with Crippen molar-refractivity contribution in [3.8, 4) is 0 Å². The third kappa shape index (κ3) is 3.31. The van der Waals surface area contributed by atoms with Crippen LogP contribution >= 0.6 is 0 Å². The van der Waals surface area contributed by atoms with Crippen molar-refractivity contribution >= 4 is 11.7 Å². The van der Waals surface area contributed by atoms with Gasteiger partial charge in [0.2, 0.25) is 0 Å². The Morgan fingerprint density at radius 3 is 2.36 bits per heavy atom. The van der Waals surface area contributed by atoms with Crippen molar-refractivity contribution in [1.82, 2.24) is 0 Å². The predicted molar refractivity (Wildman–Crippen MR) is 56.3 cm³/mol. The number of benzene rings is 1. The highest BCUT2D eigenvalue weighted by molar-refractivity contribution is 5.80. The average molecular weight is 191 g/mol. The molecule has 0 aliphatic carbocycles. The summed E-state index contributed by atoms with van der Waals surface area (Å²) < 4.78 is 0. The van der Waals surface area contributed by atoms with Crippen molar-refractivity contribution < 1.29 is 9.90 Å². The van der Waals surface area contributed by atoms with Crippen LogP contribution in [-0.2, 0) is 4.79 Å². The quantitative estimate of drug-likeness (QED) is 0.721. The number of aryl methyl sites for hydroxylation is 2. The van der Waals surface area contributed by atoms with Gasteiger partial charge in [-0.05, 0) is 37.1 Å². The zero-order valence-corrected chi connectivity index (χ0v) is 8.24. The lowest BCUT2D eigenvalue weighted by Crippen LogP contribution is -1.93. The van der Waals surface area contributed by atoms with E-state index in [9.17, 15) is 4.79 Å². The van der Waals surface area contributed by atoms with Crippen LogP contribution in [0.4, 0.5) is 5.69 Å². The van der Waals surface area contributed by atoms with Crippen LogP contribution in [0.25, 0.3) is 0 Å². The first-order chi connectivity index (χ1) is 6.58. The normalized spacial score (nSPS) is 10.4. The third-order valence-electron chi connectivity index (χ3n) is 1.70. The molecule has 2 N–H and O–H groups in total. The maximum Gasteiger partial charge on any atom is 0.329 e. The van der Waals surface area contributed by atoms with Crippen molar-refractivity contribution in [3.63, 3.8) is 0 Å². The maximum atomic E-state index is 10.2. The number of rotatable bonds is 3. The molecular weight excluding hydrogens is 178 g/mol. The van der Waals surface area contributed by atoms with Gasteiger partial charge in [0.1, 0.15) is 0 Å². The monoisotopic (exact) mass is 191 g/mol. The van der Waals surface area contributed by atoms with Crippen molar-refractivity contribution in [2.45, 2.75) is 13.8 Å². The largest absolute Gasteiger partial charge is 0.478 e. The van der Waals surface area contributed by atoms with Gasteiger partial charge in [0.25, 0.3) is 0 Å². The van der Waals surface area contributed by atoms with Gasteiger partial charge in [-0.3, -0.25) is 0 Å². The molecule has 0 atom stereocenters. The molecule has 0 fully saturated rings.